The zero-order valence-corrected chi connectivity index (χ0v) is 26.0. The maximum Gasteiger partial charge on any atom is 0.293 e. The molecule has 3 aromatic rings. The summed E-state index contributed by atoms with van der Waals surface area (Å²) in [5, 5.41) is 3.49. The quantitative estimate of drug-likeness (QED) is 0.209. The predicted octanol–water partition coefficient (Wildman–Crippen LogP) is 7.60. The first-order valence-corrected chi connectivity index (χ1v) is 14.8. The first kappa shape index (κ1) is 30.8. The Morgan fingerprint density at radius 2 is 1.80 bits per heavy atom. The van der Waals surface area contributed by atoms with Crippen LogP contribution in [0, 0.1) is 6.92 Å². The summed E-state index contributed by atoms with van der Waals surface area (Å²) in [6.45, 7) is 3.99. The van der Waals surface area contributed by atoms with E-state index in [9.17, 15) is 14.4 Å². The number of anilines is 1. The zero-order chi connectivity index (χ0) is 29.5. The van der Waals surface area contributed by atoms with E-state index in [1.165, 1.54) is 0 Å². The smallest absolute Gasteiger partial charge is 0.293 e. The van der Waals surface area contributed by atoms with Crippen LogP contribution in [0.1, 0.15) is 18.1 Å². The second-order valence-electron chi connectivity index (χ2n) is 8.70. The van der Waals surface area contributed by atoms with Crippen LogP contribution in [0.25, 0.3) is 6.08 Å². The topological polar surface area (TPSA) is 94.2 Å². The molecule has 12 heteroatoms. The standard InChI is InChI=1S/C29H25BrCl2N2O6S/c1-3-38-24-13-18(12-22(30)27(24)40-16-26(35)33-20-7-4-17(2)23(32)15-20)14-25-28(36)34(29(37)41-25)10-11-39-21-8-5-19(31)6-9-21/h4-9,12-15H,3,10-11,16H2,1-2H3,(H,33,35)/b25-14-. The molecular formula is C29H25BrCl2N2O6S. The number of carbonyl (C=O) groups excluding carboxylic acids is 3. The highest BCUT2D eigenvalue weighted by Gasteiger charge is 2.35. The van der Waals surface area contributed by atoms with Crippen LogP contribution in [0.2, 0.25) is 10.0 Å². The molecule has 0 radical (unpaired) electrons. The monoisotopic (exact) mass is 678 g/mol. The Hall–Kier alpha value is -3.18. The van der Waals surface area contributed by atoms with Gasteiger partial charge >= 0.3 is 0 Å². The Balaban J connectivity index is 1.41. The van der Waals surface area contributed by atoms with Crippen molar-refractivity contribution in [3.05, 3.63) is 85.1 Å². The van der Waals surface area contributed by atoms with Gasteiger partial charge in [-0.1, -0.05) is 29.3 Å². The van der Waals surface area contributed by atoms with Crippen molar-refractivity contribution in [2.45, 2.75) is 13.8 Å². The summed E-state index contributed by atoms with van der Waals surface area (Å²) >= 11 is 16.3. The number of benzene rings is 3. The number of aryl methyl sites for hydroxylation is 1. The molecule has 1 heterocycles. The van der Waals surface area contributed by atoms with Gasteiger partial charge in [-0.15, -0.1) is 0 Å². The van der Waals surface area contributed by atoms with Crippen molar-refractivity contribution in [2.75, 3.05) is 31.7 Å². The second-order valence-corrected chi connectivity index (χ2v) is 11.4. The van der Waals surface area contributed by atoms with E-state index in [-0.39, 0.29) is 35.8 Å². The molecule has 1 saturated heterocycles. The van der Waals surface area contributed by atoms with E-state index in [1.807, 2.05) is 19.9 Å². The lowest BCUT2D eigenvalue weighted by Crippen LogP contribution is -2.32. The minimum absolute atomic E-state index is 0.0994. The van der Waals surface area contributed by atoms with Crippen molar-refractivity contribution in [2.24, 2.45) is 0 Å². The molecule has 41 heavy (non-hydrogen) atoms. The summed E-state index contributed by atoms with van der Waals surface area (Å²) in [4.78, 5) is 39.4. The molecule has 8 nitrogen and oxygen atoms in total. The van der Waals surface area contributed by atoms with Crippen molar-refractivity contribution < 1.29 is 28.6 Å². The maximum atomic E-state index is 13.0. The van der Waals surface area contributed by atoms with E-state index in [4.69, 9.17) is 37.4 Å². The van der Waals surface area contributed by atoms with Gasteiger partial charge in [0.1, 0.15) is 12.4 Å². The Morgan fingerprint density at radius 1 is 1.05 bits per heavy atom. The number of thioether (sulfide) groups is 1. The number of halogens is 3. The third-order valence-corrected chi connectivity index (χ3v) is 7.86. The zero-order valence-electron chi connectivity index (χ0n) is 22.0. The van der Waals surface area contributed by atoms with Gasteiger partial charge in [-0.2, -0.15) is 0 Å². The van der Waals surface area contributed by atoms with Crippen LogP contribution in [0.5, 0.6) is 17.2 Å². The molecule has 214 valence electrons. The van der Waals surface area contributed by atoms with Crippen molar-refractivity contribution >= 4 is 79.7 Å². The van der Waals surface area contributed by atoms with Crippen LogP contribution in [0.4, 0.5) is 10.5 Å². The molecule has 0 aliphatic carbocycles. The Morgan fingerprint density at radius 3 is 2.51 bits per heavy atom. The molecule has 0 unspecified atom stereocenters. The molecule has 3 amide bonds. The first-order valence-electron chi connectivity index (χ1n) is 12.4. The van der Waals surface area contributed by atoms with Gasteiger partial charge in [0.05, 0.1) is 22.5 Å². The van der Waals surface area contributed by atoms with Gasteiger partial charge in [0.2, 0.25) is 0 Å². The molecule has 1 N–H and O–H groups in total. The first-order chi connectivity index (χ1) is 19.6. The highest BCUT2D eigenvalue weighted by atomic mass is 79.9. The van der Waals surface area contributed by atoms with Gasteiger partial charge < -0.3 is 19.5 Å². The minimum Gasteiger partial charge on any atom is -0.492 e. The minimum atomic E-state index is -0.415. The molecular weight excluding hydrogens is 655 g/mol. The summed E-state index contributed by atoms with van der Waals surface area (Å²) in [5.41, 5.74) is 2.06. The number of hydrogen-bond donors (Lipinski definition) is 1. The fraction of sp³-hybridized carbons (Fsp3) is 0.207. The highest BCUT2D eigenvalue weighted by molar-refractivity contribution is 9.10. The maximum absolute atomic E-state index is 13.0. The molecule has 0 aromatic heterocycles. The van der Waals surface area contributed by atoms with Crippen molar-refractivity contribution in [3.8, 4) is 17.2 Å². The van der Waals surface area contributed by atoms with E-state index < -0.39 is 5.91 Å². The Kier molecular flexibility index (Phi) is 10.6. The number of nitrogens with zero attached hydrogens (tertiary/aromatic N) is 1. The summed E-state index contributed by atoms with van der Waals surface area (Å²) < 4.78 is 17.7. The van der Waals surface area contributed by atoms with Crippen LogP contribution in [-0.2, 0) is 9.59 Å². The lowest BCUT2D eigenvalue weighted by Gasteiger charge is -2.15. The van der Waals surface area contributed by atoms with E-state index in [1.54, 1.807) is 54.6 Å². The SMILES string of the molecule is CCOc1cc(/C=C2\SC(=O)N(CCOc3ccc(Cl)cc3)C2=O)cc(Br)c1OCC(=O)Nc1ccc(C)c(Cl)c1. The van der Waals surface area contributed by atoms with Crippen LogP contribution >= 0.6 is 50.9 Å². The number of nitrogens with one attached hydrogen (secondary N) is 1. The van der Waals surface area contributed by atoms with Gasteiger partial charge in [-0.05, 0) is 107 Å². The third-order valence-electron chi connectivity index (χ3n) is 5.70. The summed E-state index contributed by atoms with van der Waals surface area (Å²) in [6.07, 6.45) is 1.61. The lowest BCUT2D eigenvalue weighted by molar-refractivity contribution is -0.123. The van der Waals surface area contributed by atoms with Gasteiger partial charge in [-0.3, -0.25) is 19.3 Å². The average Bonchev–Trinajstić information content (AvgIpc) is 3.19. The predicted molar refractivity (Wildman–Crippen MR) is 165 cm³/mol. The Labute approximate surface area is 260 Å². The largest absolute Gasteiger partial charge is 0.492 e. The van der Waals surface area contributed by atoms with Crippen molar-refractivity contribution in [1.29, 1.82) is 0 Å². The van der Waals surface area contributed by atoms with Crippen LogP contribution in [-0.4, -0.2) is 48.3 Å². The van der Waals surface area contributed by atoms with Crippen molar-refractivity contribution in [1.82, 2.24) is 4.90 Å². The van der Waals surface area contributed by atoms with Gasteiger partial charge in [-0.25, -0.2) is 0 Å². The van der Waals surface area contributed by atoms with Crippen LogP contribution < -0.4 is 19.5 Å². The lowest BCUT2D eigenvalue weighted by atomic mass is 10.2. The van der Waals surface area contributed by atoms with E-state index in [0.717, 1.165) is 22.2 Å². The number of imide groups is 1. The van der Waals surface area contributed by atoms with Gasteiger partial charge in [0.15, 0.2) is 18.1 Å². The molecule has 0 saturated carbocycles. The van der Waals surface area contributed by atoms with E-state index in [2.05, 4.69) is 21.2 Å². The normalized spacial score (nSPS) is 14.0. The highest BCUT2D eigenvalue weighted by Crippen LogP contribution is 2.39. The molecule has 0 bridgehead atoms. The van der Waals surface area contributed by atoms with Gasteiger partial charge in [0.25, 0.3) is 17.1 Å². The van der Waals surface area contributed by atoms with Crippen LogP contribution in [0.15, 0.2) is 64.0 Å². The average molecular weight is 680 g/mol. The number of hydrogen-bond acceptors (Lipinski definition) is 7. The summed E-state index contributed by atoms with van der Waals surface area (Å²) in [7, 11) is 0. The number of carbonyl (C=O) groups is 3. The molecule has 0 spiro atoms. The molecule has 1 aliphatic heterocycles. The fourth-order valence-corrected chi connectivity index (χ4v) is 5.46. The molecule has 1 fully saturated rings. The van der Waals surface area contributed by atoms with Crippen LogP contribution in [0.3, 0.4) is 0 Å². The van der Waals surface area contributed by atoms with E-state index >= 15 is 0 Å². The molecule has 1 aliphatic rings. The second kappa shape index (κ2) is 14.1. The summed E-state index contributed by atoms with van der Waals surface area (Å²) in [6, 6.07) is 15.4. The molecule has 4 rings (SSSR count). The number of rotatable bonds is 11. The van der Waals surface area contributed by atoms with E-state index in [0.29, 0.717) is 49.6 Å². The fourth-order valence-electron chi connectivity index (χ4n) is 3.71. The molecule has 3 aromatic carbocycles. The third kappa shape index (κ3) is 8.19. The Bertz CT molecular complexity index is 1500. The number of ether oxygens (including phenoxy) is 3. The number of amides is 3. The van der Waals surface area contributed by atoms with Crippen molar-refractivity contribution in [3.63, 3.8) is 0 Å². The molecule has 0 atom stereocenters. The van der Waals surface area contributed by atoms with Gasteiger partial charge in [0, 0.05) is 15.7 Å². The summed E-state index contributed by atoms with van der Waals surface area (Å²) in [5.74, 6) is 0.493.